The van der Waals surface area contributed by atoms with Gasteiger partial charge in [-0.15, -0.1) is 5.10 Å². The van der Waals surface area contributed by atoms with Crippen molar-refractivity contribution in [2.45, 2.75) is 19.8 Å². The van der Waals surface area contributed by atoms with Gasteiger partial charge in [0.25, 0.3) is 11.8 Å². The van der Waals surface area contributed by atoms with Crippen LogP contribution in [0.3, 0.4) is 0 Å². The molecule has 0 unspecified atom stereocenters. The minimum atomic E-state index is -0.177. The van der Waals surface area contributed by atoms with Crippen molar-refractivity contribution in [1.29, 1.82) is 0 Å². The van der Waals surface area contributed by atoms with Crippen LogP contribution in [0.25, 0.3) is 0 Å². The Hall–Kier alpha value is -2.68. The van der Waals surface area contributed by atoms with E-state index in [1.165, 1.54) is 7.11 Å². The van der Waals surface area contributed by atoms with Crippen molar-refractivity contribution in [2.24, 2.45) is 5.92 Å². The number of carbonyl (C=O) groups excluding carboxylic acids is 2. The standard InChI is InChI=1S/C19H24N4O4S/c1-12-17(28-22-21-12)19(25)23-8-6-13(7-9-23)11-20-18(24)15-5-4-14(26-2)10-16(15)27-3/h4-5,10,13H,6-9,11H2,1-3H3,(H,20,24). The minimum Gasteiger partial charge on any atom is -0.497 e. The molecule has 28 heavy (non-hydrogen) atoms. The molecule has 0 spiro atoms. The second-order valence-electron chi connectivity index (χ2n) is 6.70. The lowest BCUT2D eigenvalue weighted by Gasteiger charge is -2.31. The number of aryl methyl sites for hydroxylation is 1. The molecule has 150 valence electrons. The summed E-state index contributed by atoms with van der Waals surface area (Å²) in [5.74, 6) is 1.27. The number of nitrogens with one attached hydrogen (secondary N) is 1. The molecule has 0 saturated carbocycles. The van der Waals surface area contributed by atoms with Crippen LogP contribution in [0.1, 0.15) is 38.6 Å². The lowest BCUT2D eigenvalue weighted by atomic mass is 9.96. The molecular formula is C19H24N4O4S. The summed E-state index contributed by atoms with van der Waals surface area (Å²) in [5, 5.41) is 6.89. The van der Waals surface area contributed by atoms with Gasteiger partial charge in [0.05, 0.1) is 25.5 Å². The second kappa shape index (κ2) is 9.01. The number of likely N-dealkylation sites (tertiary alicyclic amines) is 1. The van der Waals surface area contributed by atoms with E-state index >= 15 is 0 Å². The van der Waals surface area contributed by atoms with E-state index in [9.17, 15) is 9.59 Å². The van der Waals surface area contributed by atoms with Crippen molar-refractivity contribution >= 4 is 23.3 Å². The van der Waals surface area contributed by atoms with Gasteiger partial charge in [-0.3, -0.25) is 9.59 Å². The Morgan fingerprint density at radius 1 is 1.25 bits per heavy atom. The summed E-state index contributed by atoms with van der Waals surface area (Å²) in [5.41, 5.74) is 1.15. The zero-order valence-electron chi connectivity index (χ0n) is 16.2. The molecule has 2 aromatic rings. The number of hydrogen-bond acceptors (Lipinski definition) is 7. The van der Waals surface area contributed by atoms with Crippen molar-refractivity contribution in [3.05, 3.63) is 34.3 Å². The average Bonchev–Trinajstić information content (AvgIpc) is 3.17. The van der Waals surface area contributed by atoms with Gasteiger partial charge in [0.15, 0.2) is 0 Å². The van der Waals surface area contributed by atoms with Gasteiger partial charge in [0.1, 0.15) is 16.4 Å². The monoisotopic (exact) mass is 404 g/mol. The fraction of sp³-hybridized carbons (Fsp3) is 0.474. The van der Waals surface area contributed by atoms with Gasteiger partial charge in [0, 0.05) is 25.7 Å². The van der Waals surface area contributed by atoms with Crippen LogP contribution in [0.2, 0.25) is 0 Å². The zero-order chi connectivity index (χ0) is 20.1. The molecule has 0 atom stereocenters. The number of piperidine rings is 1. The van der Waals surface area contributed by atoms with Crippen molar-refractivity contribution in [3.8, 4) is 11.5 Å². The first-order chi connectivity index (χ1) is 13.5. The maximum absolute atomic E-state index is 12.5. The van der Waals surface area contributed by atoms with E-state index in [1.807, 2.05) is 4.90 Å². The number of aromatic nitrogens is 2. The second-order valence-corrected chi connectivity index (χ2v) is 7.45. The number of carbonyl (C=O) groups is 2. The summed E-state index contributed by atoms with van der Waals surface area (Å²) >= 11 is 1.14. The molecule has 1 aliphatic rings. The molecule has 9 heteroatoms. The summed E-state index contributed by atoms with van der Waals surface area (Å²) < 4.78 is 14.3. The van der Waals surface area contributed by atoms with E-state index in [-0.39, 0.29) is 11.8 Å². The van der Waals surface area contributed by atoms with Crippen LogP contribution in [0, 0.1) is 12.8 Å². The number of nitrogens with zero attached hydrogens (tertiary/aromatic N) is 3. The number of ether oxygens (including phenoxy) is 2. The Bertz CT molecular complexity index is 846. The molecule has 0 radical (unpaired) electrons. The molecule has 8 nitrogen and oxygen atoms in total. The Morgan fingerprint density at radius 3 is 2.61 bits per heavy atom. The number of methoxy groups -OCH3 is 2. The third-order valence-electron chi connectivity index (χ3n) is 4.95. The Kier molecular flexibility index (Phi) is 6.45. The SMILES string of the molecule is COc1ccc(C(=O)NCC2CCN(C(=O)c3snnc3C)CC2)c(OC)c1. The zero-order valence-corrected chi connectivity index (χ0v) is 17.0. The molecule has 2 heterocycles. The van der Waals surface area contributed by atoms with Crippen LogP contribution in [0.15, 0.2) is 18.2 Å². The molecule has 1 aromatic heterocycles. The average molecular weight is 404 g/mol. The molecule has 2 amide bonds. The fourth-order valence-electron chi connectivity index (χ4n) is 3.23. The molecule has 0 bridgehead atoms. The van der Waals surface area contributed by atoms with E-state index in [0.717, 1.165) is 24.4 Å². The fourth-order valence-corrected chi connectivity index (χ4v) is 3.85. The van der Waals surface area contributed by atoms with Crippen molar-refractivity contribution in [3.63, 3.8) is 0 Å². The molecule has 1 N–H and O–H groups in total. The highest BCUT2D eigenvalue weighted by Gasteiger charge is 2.26. The highest BCUT2D eigenvalue weighted by molar-refractivity contribution is 7.07. The molecule has 1 aromatic carbocycles. The minimum absolute atomic E-state index is 0.00189. The Balaban J connectivity index is 1.51. The smallest absolute Gasteiger partial charge is 0.267 e. The normalized spacial score (nSPS) is 14.6. The first-order valence-corrected chi connectivity index (χ1v) is 9.89. The van der Waals surface area contributed by atoms with Crippen LogP contribution in [0.4, 0.5) is 0 Å². The van der Waals surface area contributed by atoms with Crippen LogP contribution < -0.4 is 14.8 Å². The van der Waals surface area contributed by atoms with Gasteiger partial charge in [0.2, 0.25) is 0 Å². The van der Waals surface area contributed by atoms with Crippen LogP contribution in [-0.4, -0.2) is 60.2 Å². The topological polar surface area (TPSA) is 93.7 Å². The summed E-state index contributed by atoms with van der Waals surface area (Å²) in [4.78, 5) is 27.5. The predicted molar refractivity (Wildman–Crippen MR) is 105 cm³/mol. The van der Waals surface area contributed by atoms with Gasteiger partial charge >= 0.3 is 0 Å². The predicted octanol–water partition coefficient (Wildman–Crippen LogP) is 2.15. The van der Waals surface area contributed by atoms with E-state index < -0.39 is 0 Å². The van der Waals surface area contributed by atoms with Gasteiger partial charge in [-0.25, -0.2) is 0 Å². The first kappa shape index (κ1) is 20.1. The number of hydrogen-bond donors (Lipinski definition) is 1. The van der Waals surface area contributed by atoms with Crippen molar-refractivity contribution in [1.82, 2.24) is 19.8 Å². The number of rotatable bonds is 6. The number of benzene rings is 1. The van der Waals surface area contributed by atoms with E-state index in [4.69, 9.17) is 9.47 Å². The molecule has 3 rings (SSSR count). The summed E-state index contributed by atoms with van der Waals surface area (Å²) in [6.45, 7) is 3.70. The largest absolute Gasteiger partial charge is 0.497 e. The molecule has 1 fully saturated rings. The van der Waals surface area contributed by atoms with Crippen LogP contribution >= 0.6 is 11.5 Å². The third-order valence-corrected chi connectivity index (χ3v) is 5.77. The summed E-state index contributed by atoms with van der Waals surface area (Å²) in [6.07, 6.45) is 1.69. The summed E-state index contributed by atoms with van der Waals surface area (Å²) in [7, 11) is 3.09. The molecule has 1 aliphatic heterocycles. The van der Waals surface area contributed by atoms with E-state index in [0.29, 0.717) is 53.2 Å². The molecule has 0 aliphatic carbocycles. The van der Waals surface area contributed by atoms with Gasteiger partial charge in [-0.1, -0.05) is 4.49 Å². The lowest BCUT2D eigenvalue weighted by molar-refractivity contribution is 0.0688. The van der Waals surface area contributed by atoms with Crippen LogP contribution in [-0.2, 0) is 0 Å². The Labute approximate surface area is 168 Å². The highest BCUT2D eigenvalue weighted by Crippen LogP contribution is 2.25. The Morgan fingerprint density at radius 2 is 2.00 bits per heavy atom. The van der Waals surface area contributed by atoms with E-state index in [1.54, 1.807) is 32.2 Å². The maximum Gasteiger partial charge on any atom is 0.267 e. The lowest BCUT2D eigenvalue weighted by Crippen LogP contribution is -2.41. The van der Waals surface area contributed by atoms with Crippen LogP contribution in [0.5, 0.6) is 11.5 Å². The third kappa shape index (κ3) is 4.41. The summed E-state index contributed by atoms with van der Waals surface area (Å²) in [6, 6.07) is 5.12. The van der Waals surface area contributed by atoms with Crippen molar-refractivity contribution in [2.75, 3.05) is 33.9 Å². The molecule has 1 saturated heterocycles. The maximum atomic E-state index is 12.5. The van der Waals surface area contributed by atoms with Crippen molar-refractivity contribution < 1.29 is 19.1 Å². The number of amides is 2. The van der Waals surface area contributed by atoms with Gasteiger partial charge < -0.3 is 19.7 Å². The molecular weight excluding hydrogens is 380 g/mol. The highest BCUT2D eigenvalue weighted by atomic mass is 32.1. The van der Waals surface area contributed by atoms with E-state index in [2.05, 4.69) is 14.9 Å². The quantitative estimate of drug-likeness (QED) is 0.793. The van der Waals surface area contributed by atoms with Gasteiger partial charge in [-0.2, -0.15) is 0 Å². The first-order valence-electron chi connectivity index (χ1n) is 9.12. The van der Waals surface area contributed by atoms with Gasteiger partial charge in [-0.05, 0) is 49.3 Å².